The van der Waals surface area contributed by atoms with Crippen LogP contribution in [0.5, 0.6) is 11.5 Å². The molecular formula is C30H37ClN4O4S. The maximum atomic E-state index is 13.3. The topological polar surface area (TPSA) is 87.5 Å². The molecule has 0 spiro atoms. The van der Waals surface area contributed by atoms with E-state index in [1.165, 1.54) is 11.8 Å². The molecule has 1 aromatic heterocycles. The first-order valence-electron chi connectivity index (χ1n) is 13.8. The number of rotatable bonds is 14. The van der Waals surface area contributed by atoms with Crippen LogP contribution in [0.3, 0.4) is 0 Å². The zero-order valence-electron chi connectivity index (χ0n) is 23.5. The number of fused-ring (bicyclic) bond motifs is 1. The molecule has 8 nitrogen and oxygen atoms in total. The number of anilines is 1. The summed E-state index contributed by atoms with van der Waals surface area (Å²) in [5, 5.41) is 9.35. The highest BCUT2D eigenvalue weighted by atomic mass is 35.5. The predicted molar refractivity (Wildman–Crippen MR) is 159 cm³/mol. The molecule has 0 saturated carbocycles. The van der Waals surface area contributed by atoms with E-state index in [2.05, 4.69) is 12.2 Å². The summed E-state index contributed by atoms with van der Waals surface area (Å²) in [6.07, 6.45) is 3.94. The fraction of sp³-hybridized carbons (Fsp3) is 0.433. The smallest absolute Gasteiger partial charge is 0.338 e. The van der Waals surface area contributed by atoms with Crippen molar-refractivity contribution >= 4 is 35.3 Å². The van der Waals surface area contributed by atoms with E-state index in [4.69, 9.17) is 35.9 Å². The van der Waals surface area contributed by atoms with E-state index in [9.17, 15) is 4.79 Å². The molecule has 10 heteroatoms. The van der Waals surface area contributed by atoms with Gasteiger partial charge in [-0.05, 0) is 56.0 Å². The van der Waals surface area contributed by atoms with Crippen molar-refractivity contribution in [1.82, 2.24) is 14.8 Å². The maximum absolute atomic E-state index is 13.3. The summed E-state index contributed by atoms with van der Waals surface area (Å²) in [5.41, 5.74) is 2.97. The minimum Gasteiger partial charge on any atom is -0.490 e. The van der Waals surface area contributed by atoms with E-state index in [0.29, 0.717) is 64.5 Å². The highest BCUT2D eigenvalue weighted by Gasteiger charge is 2.36. The van der Waals surface area contributed by atoms with Crippen molar-refractivity contribution in [3.8, 4) is 11.5 Å². The van der Waals surface area contributed by atoms with Gasteiger partial charge in [0, 0.05) is 16.5 Å². The third kappa shape index (κ3) is 7.12. The van der Waals surface area contributed by atoms with Crippen LogP contribution in [0.1, 0.15) is 70.5 Å². The average Bonchev–Trinajstić information content (AvgIpc) is 3.36. The van der Waals surface area contributed by atoms with Crippen LogP contribution in [0.2, 0.25) is 5.02 Å². The Morgan fingerprint density at radius 2 is 1.88 bits per heavy atom. The van der Waals surface area contributed by atoms with Gasteiger partial charge in [-0.1, -0.05) is 74.3 Å². The number of benzene rings is 2. The largest absolute Gasteiger partial charge is 0.490 e. The van der Waals surface area contributed by atoms with Crippen molar-refractivity contribution in [1.29, 1.82) is 0 Å². The maximum Gasteiger partial charge on any atom is 0.338 e. The molecule has 4 rings (SSSR count). The normalized spacial score (nSPS) is 14.5. The Hall–Kier alpha value is -3.17. The number of thioether (sulfide) groups is 1. The molecule has 0 fully saturated rings. The second-order valence-electron chi connectivity index (χ2n) is 9.44. The standard InChI is InChI=1S/C30H37ClN4O4S/c1-5-8-11-17-38-24-15-14-21(18-25(24)37-7-3)27-26(28(36)39-16-6-2)20(4)32-29-33-30(34-35(27)29)40-19-22-12-9-10-13-23(22)31/h9-10,12-15,18,27H,5-8,11,16-17,19H2,1-4H3,(H,32,33,34). The summed E-state index contributed by atoms with van der Waals surface area (Å²) in [7, 11) is 0. The first-order chi connectivity index (χ1) is 19.5. The van der Waals surface area contributed by atoms with Crippen molar-refractivity contribution in [2.75, 3.05) is 25.1 Å². The summed E-state index contributed by atoms with van der Waals surface area (Å²) in [6, 6.07) is 13.0. The molecule has 0 amide bonds. The van der Waals surface area contributed by atoms with Crippen molar-refractivity contribution in [2.24, 2.45) is 0 Å². The quantitative estimate of drug-likeness (QED) is 0.119. The fourth-order valence-electron chi connectivity index (χ4n) is 4.41. The molecule has 1 unspecified atom stereocenters. The molecule has 214 valence electrons. The number of carbonyl (C=O) groups is 1. The van der Waals surface area contributed by atoms with Gasteiger partial charge < -0.3 is 19.5 Å². The molecule has 1 N–H and O–H groups in total. The first kappa shape index (κ1) is 29.8. The first-order valence-corrected chi connectivity index (χ1v) is 15.2. The number of allylic oxidation sites excluding steroid dienone is 1. The van der Waals surface area contributed by atoms with Crippen molar-refractivity contribution < 1.29 is 19.0 Å². The number of carbonyl (C=O) groups excluding carboxylic acids is 1. The average molecular weight is 585 g/mol. The van der Waals surface area contributed by atoms with Crippen molar-refractivity contribution in [2.45, 2.75) is 70.3 Å². The van der Waals surface area contributed by atoms with E-state index in [1.807, 2.05) is 63.2 Å². The number of nitrogens with one attached hydrogen (secondary N) is 1. The lowest BCUT2D eigenvalue weighted by molar-refractivity contribution is -0.139. The molecule has 1 aliphatic heterocycles. The Morgan fingerprint density at radius 3 is 2.62 bits per heavy atom. The Bertz CT molecular complexity index is 1340. The summed E-state index contributed by atoms with van der Waals surface area (Å²) in [6.45, 7) is 9.37. The van der Waals surface area contributed by atoms with E-state index in [1.54, 1.807) is 4.68 Å². The zero-order valence-corrected chi connectivity index (χ0v) is 25.1. The minimum absolute atomic E-state index is 0.334. The highest BCUT2D eigenvalue weighted by molar-refractivity contribution is 7.98. The van der Waals surface area contributed by atoms with Crippen LogP contribution in [-0.2, 0) is 15.3 Å². The lowest BCUT2D eigenvalue weighted by Gasteiger charge is -2.28. The summed E-state index contributed by atoms with van der Waals surface area (Å²) < 4.78 is 19.4. The molecule has 2 heterocycles. The van der Waals surface area contributed by atoms with Crippen LogP contribution in [-0.4, -0.2) is 40.6 Å². The van der Waals surface area contributed by atoms with E-state index >= 15 is 0 Å². The molecule has 1 aliphatic rings. The molecule has 40 heavy (non-hydrogen) atoms. The third-order valence-electron chi connectivity index (χ3n) is 6.39. The Morgan fingerprint density at radius 1 is 1.05 bits per heavy atom. The molecule has 1 atom stereocenters. The van der Waals surface area contributed by atoms with E-state index in [-0.39, 0.29) is 5.97 Å². The van der Waals surface area contributed by atoms with E-state index < -0.39 is 6.04 Å². The summed E-state index contributed by atoms with van der Waals surface area (Å²) in [4.78, 5) is 18.1. The number of esters is 1. The number of aromatic nitrogens is 3. The van der Waals surface area contributed by atoms with Gasteiger partial charge in [0.25, 0.3) is 0 Å². The Balaban J connectivity index is 1.69. The number of nitrogens with zero attached hydrogens (tertiary/aromatic N) is 3. The van der Waals surface area contributed by atoms with E-state index in [0.717, 1.165) is 36.8 Å². The number of halogens is 1. The van der Waals surface area contributed by atoms with Crippen LogP contribution >= 0.6 is 23.4 Å². The van der Waals surface area contributed by atoms with Gasteiger partial charge in [0.2, 0.25) is 11.1 Å². The van der Waals surface area contributed by atoms with Crippen LogP contribution in [0.25, 0.3) is 0 Å². The van der Waals surface area contributed by atoms with Gasteiger partial charge >= 0.3 is 5.97 Å². The molecular weight excluding hydrogens is 548 g/mol. The summed E-state index contributed by atoms with van der Waals surface area (Å²) in [5.74, 6) is 2.09. The number of unbranched alkanes of at least 4 members (excludes halogenated alkanes) is 2. The van der Waals surface area contributed by atoms with Crippen LogP contribution in [0, 0.1) is 0 Å². The minimum atomic E-state index is -0.559. The number of hydrogen-bond acceptors (Lipinski definition) is 8. The molecule has 0 bridgehead atoms. The zero-order chi connectivity index (χ0) is 28.5. The van der Waals surface area contributed by atoms with Gasteiger partial charge in [0.05, 0.1) is 25.4 Å². The van der Waals surface area contributed by atoms with Crippen LogP contribution < -0.4 is 14.8 Å². The fourth-order valence-corrected chi connectivity index (χ4v) is 5.53. The van der Waals surface area contributed by atoms with Gasteiger partial charge in [-0.3, -0.25) is 0 Å². The van der Waals surface area contributed by atoms with Crippen molar-refractivity contribution in [3.05, 3.63) is 69.9 Å². The lowest BCUT2D eigenvalue weighted by Crippen LogP contribution is -2.29. The molecule has 3 aromatic rings. The number of ether oxygens (including phenoxy) is 3. The number of hydrogen-bond donors (Lipinski definition) is 1. The van der Waals surface area contributed by atoms with Gasteiger partial charge in [0.15, 0.2) is 11.5 Å². The SMILES string of the molecule is CCCCCOc1ccc(C2C(C(=O)OCCC)=C(C)Nc3nc(SCc4ccccc4Cl)nn32)cc1OCC. The van der Waals surface area contributed by atoms with Gasteiger partial charge in [-0.15, -0.1) is 5.10 Å². The monoisotopic (exact) mass is 584 g/mol. The molecule has 0 radical (unpaired) electrons. The van der Waals surface area contributed by atoms with Gasteiger partial charge in [-0.2, -0.15) is 4.98 Å². The highest BCUT2D eigenvalue weighted by Crippen LogP contribution is 2.40. The molecule has 0 aliphatic carbocycles. The molecule has 2 aromatic carbocycles. The summed E-state index contributed by atoms with van der Waals surface area (Å²) >= 11 is 7.84. The second-order valence-corrected chi connectivity index (χ2v) is 10.8. The predicted octanol–water partition coefficient (Wildman–Crippen LogP) is 7.43. The lowest BCUT2D eigenvalue weighted by atomic mass is 9.95. The van der Waals surface area contributed by atoms with Gasteiger partial charge in [0.1, 0.15) is 6.04 Å². The van der Waals surface area contributed by atoms with Crippen LogP contribution in [0.4, 0.5) is 5.95 Å². The van der Waals surface area contributed by atoms with Gasteiger partial charge in [-0.25, -0.2) is 9.48 Å². The van der Waals surface area contributed by atoms with Crippen molar-refractivity contribution in [3.63, 3.8) is 0 Å². The van der Waals surface area contributed by atoms with Crippen LogP contribution in [0.15, 0.2) is 58.9 Å². The Labute approximate surface area is 245 Å². The second kappa shape index (κ2) is 14.5. The Kier molecular flexibility index (Phi) is 10.8. The molecule has 0 saturated heterocycles. The third-order valence-corrected chi connectivity index (χ3v) is 7.65.